The van der Waals surface area contributed by atoms with Crippen LogP contribution in [0.15, 0.2) is 30.6 Å². The summed E-state index contributed by atoms with van der Waals surface area (Å²) < 4.78 is 29.6. The van der Waals surface area contributed by atoms with Crippen LogP contribution in [0.5, 0.6) is 0 Å². The molecule has 1 saturated carbocycles. The smallest absolute Gasteiger partial charge is 0.228 e. The van der Waals surface area contributed by atoms with E-state index < -0.39 is 6.98 Å². The molecule has 1 aliphatic rings. The molecule has 1 fully saturated rings. The van der Waals surface area contributed by atoms with Crippen LogP contribution in [-0.2, 0) is 9.53 Å². The van der Waals surface area contributed by atoms with E-state index in [1.807, 2.05) is 37.2 Å². The number of amides is 1. The second-order valence-electron chi connectivity index (χ2n) is 8.49. The fourth-order valence-corrected chi connectivity index (χ4v) is 3.84. The number of methoxy groups -OCH3 is 1. The fraction of sp³-hybridized carbons (Fsp3) is 0.391. The Morgan fingerprint density at radius 3 is 3.00 bits per heavy atom. The van der Waals surface area contributed by atoms with Crippen LogP contribution in [0.3, 0.4) is 0 Å². The SMILES string of the molecule is [2H]C([2H])([2H])Nc1ncc(-c2nc3ccc(N(C)CCOC)cn3n2)c2cc(NC(=O)[C@H]3C[C@H]3C)nnc12. The summed E-state index contributed by atoms with van der Waals surface area (Å²) in [6.45, 7) is 0.835. The third kappa shape index (κ3) is 4.10. The molecular formula is C23H27N9O2. The van der Waals surface area contributed by atoms with Crippen molar-refractivity contribution in [1.82, 2.24) is 29.8 Å². The summed E-state index contributed by atoms with van der Waals surface area (Å²) in [7, 11) is 3.62. The van der Waals surface area contributed by atoms with E-state index in [2.05, 4.69) is 35.9 Å². The van der Waals surface area contributed by atoms with Gasteiger partial charge in [-0.1, -0.05) is 6.92 Å². The maximum Gasteiger partial charge on any atom is 0.228 e. The van der Waals surface area contributed by atoms with Gasteiger partial charge in [-0.2, -0.15) is 0 Å². The number of fused-ring (bicyclic) bond motifs is 2. The monoisotopic (exact) mass is 464 g/mol. The molecule has 4 heterocycles. The predicted octanol–water partition coefficient (Wildman–Crippen LogP) is 2.45. The molecule has 2 atom stereocenters. The van der Waals surface area contributed by atoms with Crippen LogP contribution in [0, 0.1) is 11.8 Å². The van der Waals surface area contributed by atoms with Gasteiger partial charge in [0.2, 0.25) is 5.91 Å². The van der Waals surface area contributed by atoms with Crippen molar-refractivity contribution in [3.8, 4) is 11.4 Å². The highest BCUT2D eigenvalue weighted by molar-refractivity contribution is 6.01. The lowest BCUT2D eigenvalue weighted by molar-refractivity contribution is -0.117. The summed E-state index contributed by atoms with van der Waals surface area (Å²) in [6, 6.07) is 5.45. The number of hydrogen-bond acceptors (Lipinski definition) is 9. The standard InChI is InChI=1S/C23H27N9O2/c1-13-9-15(13)23(33)26-18-10-16-17(11-25-22(24-2)20(16)29-28-18)21-27-19-6-5-14(12-32(19)30-21)31(3)7-8-34-4/h5-6,10-13,15H,7-9H2,1-4H3,(H,24,25)(H,26,28,33)/t13-,15+/m1/s1/i2D3. The number of rotatable bonds is 8. The molecule has 1 aliphatic carbocycles. The molecule has 0 bridgehead atoms. The molecule has 5 rings (SSSR count). The molecule has 2 N–H and O–H groups in total. The highest BCUT2D eigenvalue weighted by atomic mass is 16.5. The predicted molar refractivity (Wildman–Crippen MR) is 130 cm³/mol. The molecular weight excluding hydrogens is 434 g/mol. The number of nitrogens with one attached hydrogen (secondary N) is 2. The zero-order valence-electron chi connectivity index (χ0n) is 22.1. The second-order valence-corrected chi connectivity index (χ2v) is 8.49. The van der Waals surface area contributed by atoms with Crippen LogP contribution in [0.2, 0.25) is 0 Å². The first-order chi connectivity index (χ1) is 17.6. The first kappa shape index (κ1) is 18.6. The summed E-state index contributed by atoms with van der Waals surface area (Å²) in [6.07, 6.45) is 4.19. The molecule has 11 nitrogen and oxygen atoms in total. The van der Waals surface area contributed by atoms with Crippen LogP contribution in [0.25, 0.3) is 27.9 Å². The normalized spacial score (nSPS) is 18.9. The molecule has 0 unspecified atom stereocenters. The summed E-state index contributed by atoms with van der Waals surface area (Å²) in [5.41, 5.74) is 2.31. The van der Waals surface area contributed by atoms with Gasteiger partial charge in [-0.05, 0) is 30.5 Å². The molecule has 176 valence electrons. The second kappa shape index (κ2) is 8.82. The summed E-state index contributed by atoms with van der Waals surface area (Å²) in [4.78, 5) is 23.5. The van der Waals surface area contributed by atoms with Gasteiger partial charge in [0.1, 0.15) is 5.52 Å². The van der Waals surface area contributed by atoms with Gasteiger partial charge in [0, 0.05) is 54.9 Å². The average molecular weight is 465 g/mol. The fourth-order valence-electron chi connectivity index (χ4n) is 3.84. The van der Waals surface area contributed by atoms with E-state index in [0.29, 0.717) is 41.5 Å². The Morgan fingerprint density at radius 1 is 1.38 bits per heavy atom. The number of pyridine rings is 2. The van der Waals surface area contributed by atoms with Crippen molar-refractivity contribution in [3.63, 3.8) is 0 Å². The molecule has 4 aromatic heterocycles. The van der Waals surface area contributed by atoms with E-state index in [9.17, 15) is 4.79 Å². The van der Waals surface area contributed by atoms with Crippen LogP contribution < -0.4 is 15.5 Å². The van der Waals surface area contributed by atoms with Crippen molar-refractivity contribution in [2.45, 2.75) is 13.3 Å². The lowest BCUT2D eigenvalue weighted by Crippen LogP contribution is -2.22. The molecule has 11 heteroatoms. The molecule has 0 aromatic carbocycles. The Morgan fingerprint density at radius 2 is 2.24 bits per heavy atom. The van der Waals surface area contributed by atoms with Crippen molar-refractivity contribution in [2.75, 3.05) is 49.8 Å². The van der Waals surface area contributed by atoms with E-state index in [1.165, 1.54) is 6.20 Å². The van der Waals surface area contributed by atoms with Crippen LogP contribution in [0.4, 0.5) is 17.3 Å². The van der Waals surface area contributed by atoms with E-state index in [1.54, 1.807) is 17.7 Å². The van der Waals surface area contributed by atoms with Gasteiger partial charge in [0.05, 0.1) is 18.5 Å². The van der Waals surface area contributed by atoms with Crippen LogP contribution in [0.1, 0.15) is 17.5 Å². The zero-order chi connectivity index (χ0) is 26.3. The minimum atomic E-state index is -2.48. The van der Waals surface area contributed by atoms with Gasteiger partial charge in [0.15, 0.2) is 23.1 Å². The van der Waals surface area contributed by atoms with E-state index >= 15 is 0 Å². The van der Waals surface area contributed by atoms with Crippen molar-refractivity contribution < 1.29 is 13.6 Å². The van der Waals surface area contributed by atoms with Crippen molar-refractivity contribution in [1.29, 1.82) is 0 Å². The Balaban J connectivity index is 1.56. The van der Waals surface area contributed by atoms with Crippen molar-refractivity contribution in [2.24, 2.45) is 11.8 Å². The van der Waals surface area contributed by atoms with Gasteiger partial charge in [-0.3, -0.25) is 4.79 Å². The van der Waals surface area contributed by atoms with E-state index in [-0.39, 0.29) is 29.0 Å². The minimum Gasteiger partial charge on any atom is -0.383 e. The average Bonchev–Trinajstić information content (AvgIpc) is 3.43. The molecule has 34 heavy (non-hydrogen) atoms. The quantitative estimate of drug-likeness (QED) is 0.405. The largest absolute Gasteiger partial charge is 0.383 e. The van der Waals surface area contributed by atoms with Crippen LogP contribution in [-0.4, -0.2) is 70.0 Å². The lowest BCUT2D eigenvalue weighted by atomic mass is 10.1. The number of carbonyl (C=O) groups is 1. The van der Waals surface area contributed by atoms with Crippen molar-refractivity contribution >= 4 is 39.8 Å². The number of nitrogens with zero attached hydrogens (tertiary/aromatic N) is 7. The Bertz CT molecular complexity index is 1470. The number of ether oxygens (including phenoxy) is 1. The lowest BCUT2D eigenvalue weighted by Gasteiger charge is -2.18. The number of hydrogen-bond donors (Lipinski definition) is 2. The molecule has 1 amide bonds. The van der Waals surface area contributed by atoms with Gasteiger partial charge in [-0.15, -0.1) is 15.3 Å². The molecule has 4 aromatic rings. The summed E-state index contributed by atoms with van der Waals surface area (Å²) in [5.74, 6) is 0.854. The number of likely N-dealkylation sites (N-methyl/N-ethyl adjacent to an activating group) is 1. The molecule has 0 radical (unpaired) electrons. The van der Waals surface area contributed by atoms with Gasteiger partial charge in [0.25, 0.3) is 0 Å². The maximum atomic E-state index is 12.5. The number of anilines is 3. The highest BCUT2D eigenvalue weighted by Gasteiger charge is 2.39. The number of aromatic nitrogens is 6. The Kier molecular flexibility index (Phi) is 4.81. The van der Waals surface area contributed by atoms with Crippen molar-refractivity contribution in [3.05, 3.63) is 30.6 Å². The first-order valence-electron chi connectivity index (χ1n) is 12.5. The third-order valence-electron chi connectivity index (χ3n) is 6.07. The Labute approximate surface area is 200 Å². The minimum absolute atomic E-state index is 0.0430. The topological polar surface area (TPSA) is 122 Å². The van der Waals surface area contributed by atoms with Crippen LogP contribution >= 0.6 is 0 Å². The molecule has 0 saturated heterocycles. The molecule has 0 aliphatic heterocycles. The number of carbonyl (C=O) groups excluding carboxylic acids is 1. The summed E-state index contributed by atoms with van der Waals surface area (Å²) >= 11 is 0. The van der Waals surface area contributed by atoms with E-state index in [0.717, 1.165) is 12.1 Å². The van der Waals surface area contributed by atoms with Gasteiger partial charge in [-0.25, -0.2) is 14.5 Å². The highest BCUT2D eigenvalue weighted by Crippen LogP contribution is 2.38. The Hall–Kier alpha value is -3.86. The zero-order valence-corrected chi connectivity index (χ0v) is 19.1. The first-order valence-corrected chi connectivity index (χ1v) is 11.0. The van der Waals surface area contributed by atoms with Gasteiger partial charge < -0.3 is 20.3 Å². The van der Waals surface area contributed by atoms with Gasteiger partial charge >= 0.3 is 0 Å². The molecule has 0 spiro atoms. The summed E-state index contributed by atoms with van der Waals surface area (Å²) in [5, 5.41) is 18.7. The maximum absolute atomic E-state index is 12.5. The van der Waals surface area contributed by atoms with E-state index in [4.69, 9.17) is 8.85 Å². The third-order valence-corrected chi connectivity index (χ3v) is 6.07.